The topological polar surface area (TPSA) is 152 Å². The Bertz CT molecular complexity index is 569. The summed E-state index contributed by atoms with van der Waals surface area (Å²) in [4.78, 5) is 35.3. The number of rotatable bonds is 9. The number of amides is 1. The van der Waals surface area contributed by atoms with E-state index in [0.29, 0.717) is 0 Å². The van der Waals surface area contributed by atoms with Crippen LogP contribution in [-0.4, -0.2) is 82.3 Å². The van der Waals surface area contributed by atoms with Gasteiger partial charge in [-0.3, -0.25) is 13.9 Å². The molecule has 0 aromatic rings. The highest BCUT2D eigenvalue weighted by atomic mass is 31.2. The van der Waals surface area contributed by atoms with Crippen molar-refractivity contribution in [3.63, 3.8) is 0 Å². The molecule has 1 amide bonds. The molecule has 0 heterocycles. The summed E-state index contributed by atoms with van der Waals surface area (Å²) >= 11 is 0. The van der Waals surface area contributed by atoms with Gasteiger partial charge in [-0.25, -0.2) is 14.2 Å². The Morgan fingerprint density at radius 3 is 1.89 bits per heavy atom. The van der Waals surface area contributed by atoms with Crippen LogP contribution in [0, 0.1) is 0 Å². The normalized spacial score (nSPS) is 16.6. The van der Waals surface area contributed by atoms with Crippen molar-refractivity contribution in [3.05, 3.63) is 0 Å². The zero-order valence-corrected chi connectivity index (χ0v) is 18.3. The fourth-order valence-electron chi connectivity index (χ4n) is 1.60. The zero-order valence-electron chi connectivity index (χ0n) is 17.4. The molecule has 0 spiro atoms. The molecular formula is C16H32NO10P. The van der Waals surface area contributed by atoms with E-state index in [1.54, 1.807) is 41.5 Å². The lowest BCUT2D eigenvalue weighted by Crippen LogP contribution is -2.49. The van der Waals surface area contributed by atoms with Gasteiger partial charge in [-0.05, 0) is 41.5 Å². The minimum Gasteiger partial charge on any atom is -0.458 e. The maximum atomic E-state index is 12.5. The van der Waals surface area contributed by atoms with E-state index in [4.69, 9.17) is 19.1 Å². The maximum Gasteiger partial charge on any atom is 0.472 e. The van der Waals surface area contributed by atoms with Crippen molar-refractivity contribution in [2.45, 2.75) is 64.9 Å². The van der Waals surface area contributed by atoms with Gasteiger partial charge in [0.05, 0.1) is 19.8 Å². The summed E-state index contributed by atoms with van der Waals surface area (Å²) in [6.07, 6.45) is -2.24. The van der Waals surface area contributed by atoms with E-state index in [0.717, 1.165) is 4.90 Å². The molecule has 166 valence electrons. The Hall–Kier alpha value is -1.23. The van der Waals surface area contributed by atoms with Crippen LogP contribution in [0.1, 0.15) is 41.5 Å². The van der Waals surface area contributed by atoms with Gasteiger partial charge in [-0.15, -0.1) is 0 Å². The molecule has 0 saturated heterocycles. The number of nitrogens with zero attached hydrogens (tertiary/aromatic N) is 1. The third-order valence-electron chi connectivity index (χ3n) is 2.86. The monoisotopic (exact) mass is 429 g/mol. The van der Waals surface area contributed by atoms with Gasteiger partial charge in [0, 0.05) is 7.05 Å². The second-order valence-electron chi connectivity index (χ2n) is 8.04. The SMILES string of the molecule is CN(C(=O)OC(C)(C)C)[C@@H](COP(=O)(O)OC[C@H](O)CO)C(=O)OC(C)(C)C. The van der Waals surface area contributed by atoms with Crippen LogP contribution in [0.25, 0.3) is 0 Å². The van der Waals surface area contributed by atoms with E-state index >= 15 is 0 Å². The summed E-state index contributed by atoms with van der Waals surface area (Å²) in [5.41, 5.74) is -1.71. The summed E-state index contributed by atoms with van der Waals surface area (Å²) in [6.45, 7) is 7.70. The van der Waals surface area contributed by atoms with Crippen LogP contribution in [-0.2, 0) is 27.9 Å². The van der Waals surface area contributed by atoms with Gasteiger partial charge in [0.15, 0.2) is 6.04 Å². The molecule has 0 aliphatic rings. The minimum absolute atomic E-state index is 0.663. The van der Waals surface area contributed by atoms with Crippen LogP contribution in [0.5, 0.6) is 0 Å². The van der Waals surface area contributed by atoms with E-state index in [1.165, 1.54) is 7.05 Å². The predicted octanol–water partition coefficient (Wildman–Crippen LogP) is 1.05. The summed E-state index contributed by atoms with van der Waals surface area (Å²) < 4.78 is 31.6. The third-order valence-corrected chi connectivity index (χ3v) is 3.81. The second kappa shape index (κ2) is 10.5. The van der Waals surface area contributed by atoms with Crippen LogP contribution < -0.4 is 0 Å². The van der Waals surface area contributed by atoms with Gasteiger partial charge >= 0.3 is 19.9 Å². The molecule has 11 nitrogen and oxygen atoms in total. The first-order valence-corrected chi connectivity index (χ1v) is 10.1. The van der Waals surface area contributed by atoms with Gasteiger partial charge < -0.3 is 24.6 Å². The molecule has 0 fully saturated rings. The average Bonchev–Trinajstić information content (AvgIpc) is 2.49. The number of esters is 1. The highest BCUT2D eigenvalue weighted by molar-refractivity contribution is 7.47. The quantitative estimate of drug-likeness (QED) is 0.358. The number of phosphoric ester groups is 1. The number of aliphatic hydroxyl groups excluding tert-OH is 2. The molecule has 0 aliphatic carbocycles. The molecule has 3 atom stereocenters. The number of aliphatic hydroxyl groups is 2. The van der Waals surface area contributed by atoms with Crippen LogP contribution >= 0.6 is 7.82 Å². The average molecular weight is 429 g/mol. The van der Waals surface area contributed by atoms with Crippen molar-refractivity contribution < 1.29 is 47.8 Å². The van der Waals surface area contributed by atoms with Crippen molar-refractivity contribution in [2.75, 3.05) is 26.9 Å². The fourth-order valence-corrected chi connectivity index (χ4v) is 2.37. The predicted molar refractivity (Wildman–Crippen MR) is 98.5 cm³/mol. The first kappa shape index (κ1) is 26.8. The molecule has 0 aromatic carbocycles. The van der Waals surface area contributed by atoms with E-state index in [-0.39, 0.29) is 0 Å². The van der Waals surface area contributed by atoms with E-state index in [2.05, 4.69) is 4.52 Å². The smallest absolute Gasteiger partial charge is 0.458 e. The molecule has 0 saturated carbocycles. The number of hydrogen-bond acceptors (Lipinski definition) is 9. The zero-order chi connectivity index (χ0) is 22.3. The Balaban J connectivity index is 5.26. The maximum absolute atomic E-state index is 12.5. The first-order chi connectivity index (χ1) is 12.5. The summed E-state index contributed by atoms with van der Waals surface area (Å²) in [5, 5.41) is 17.9. The Morgan fingerprint density at radius 1 is 1.00 bits per heavy atom. The lowest BCUT2D eigenvalue weighted by atomic mass is 10.2. The molecule has 0 aromatic heterocycles. The van der Waals surface area contributed by atoms with Crippen LogP contribution in [0.15, 0.2) is 0 Å². The van der Waals surface area contributed by atoms with Crippen molar-refractivity contribution in [1.29, 1.82) is 0 Å². The number of phosphoric acid groups is 1. The Kier molecular flexibility index (Phi) is 10.1. The summed E-state index contributed by atoms with van der Waals surface area (Å²) in [6, 6.07) is -1.40. The number of likely N-dealkylation sites (N-methyl/N-ethyl adjacent to an activating group) is 1. The molecule has 3 N–H and O–H groups in total. The molecule has 12 heteroatoms. The summed E-state index contributed by atoms with van der Waals surface area (Å²) in [5.74, 6) is -0.878. The van der Waals surface area contributed by atoms with Gasteiger partial charge in [-0.2, -0.15) is 0 Å². The first-order valence-electron chi connectivity index (χ1n) is 8.57. The number of hydrogen-bond donors (Lipinski definition) is 3. The summed E-state index contributed by atoms with van der Waals surface area (Å²) in [7, 11) is -3.42. The minimum atomic E-state index is -4.67. The van der Waals surface area contributed by atoms with E-state index in [9.17, 15) is 24.2 Å². The Labute approximate surface area is 165 Å². The van der Waals surface area contributed by atoms with Crippen molar-refractivity contribution in [1.82, 2.24) is 4.90 Å². The van der Waals surface area contributed by atoms with Crippen molar-refractivity contribution in [3.8, 4) is 0 Å². The molecule has 0 aliphatic heterocycles. The largest absolute Gasteiger partial charge is 0.472 e. The lowest BCUT2D eigenvalue weighted by molar-refractivity contribution is -0.162. The van der Waals surface area contributed by atoms with E-state index < -0.39 is 63.1 Å². The van der Waals surface area contributed by atoms with Crippen molar-refractivity contribution in [2.24, 2.45) is 0 Å². The lowest BCUT2D eigenvalue weighted by Gasteiger charge is -2.31. The highest BCUT2D eigenvalue weighted by Gasteiger charge is 2.36. The Morgan fingerprint density at radius 2 is 1.46 bits per heavy atom. The molecule has 0 bridgehead atoms. The molecule has 0 radical (unpaired) electrons. The van der Waals surface area contributed by atoms with Crippen LogP contribution in [0.3, 0.4) is 0 Å². The molecule has 0 rings (SSSR count). The number of carbonyl (C=O) groups excluding carboxylic acids is 2. The van der Waals surface area contributed by atoms with Gasteiger partial charge in [0.1, 0.15) is 17.3 Å². The van der Waals surface area contributed by atoms with Gasteiger partial charge in [-0.1, -0.05) is 0 Å². The van der Waals surface area contributed by atoms with Crippen molar-refractivity contribution >= 4 is 19.9 Å². The number of ether oxygens (including phenoxy) is 2. The molecular weight excluding hydrogens is 397 g/mol. The van der Waals surface area contributed by atoms with E-state index in [1.807, 2.05) is 0 Å². The van der Waals surface area contributed by atoms with Gasteiger partial charge in [0.2, 0.25) is 0 Å². The molecule has 28 heavy (non-hydrogen) atoms. The third kappa shape index (κ3) is 11.6. The van der Waals surface area contributed by atoms with Crippen LogP contribution in [0.2, 0.25) is 0 Å². The highest BCUT2D eigenvalue weighted by Crippen LogP contribution is 2.43. The molecule has 1 unspecified atom stereocenters. The standard InChI is InChI=1S/C16H32NO10P/c1-15(2,3)26-13(20)12(17(7)14(21)27-16(4,5)6)10-25-28(22,23)24-9-11(19)8-18/h11-12,18-19H,8-10H2,1-7H3,(H,22,23)/t11-,12+/m1/s1. The fraction of sp³-hybridized carbons (Fsp3) is 0.875. The van der Waals surface area contributed by atoms with Gasteiger partial charge in [0.25, 0.3) is 0 Å². The number of carbonyl (C=O) groups is 2. The second-order valence-corrected chi connectivity index (χ2v) is 9.49. The van der Waals surface area contributed by atoms with Crippen LogP contribution in [0.4, 0.5) is 4.79 Å².